The zero-order valence-electron chi connectivity index (χ0n) is 14.9. The summed E-state index contributed by atoms with van der Waals surface area (Å²) in [7, 11) is -2.43. The minimum absolute atomic E-state index is 0.0257. The molecule has 1 amide bonds. The highest BCUT2D eigenvalue weighted by molar-refractivity contribution is 7.89. The molecule has 0 spiro atoms. The van der Waals surface area contributed by atoms with Gasteiger partial charge < -0.3 is 14.8 Å². The summed E-state index contributed by atoms with van der Waals surface area (Å²) in [5.41, 5.74) is 0. The first kappa shape index (κ1) is 20.8. The number of ether oxygens (including phenoxy) is 2. The smallest absolute Gasteiger partial charge is 0.244 e. The predicted octanol–water partition coefficient (Wildman–Crippen LogP) is 2.07. The van der Waals surface area contributed by atoms with Crippen molar-refractivity contribution in [1.29, 1.82) is 0 Å². The van der Waals surface area contributed by atoms with Crippen LogP contribution in [0.2, 0.25) is 10.0 Å². The molecule has 7 nitrogen and oxygen atoms in total. The fraction of sp³-hybridized carbons (Fsp3) is 0.588. The van der Waals surface area contributed by atoms with Crippen LogP contribution in [0.4, 0.5) is 0 Å². The lowest BCUT2D eigenvalue weighted by atomic mass is 9.96. The predicted molar refractivity (Wildman–Crippen MR) is 102 cm³/mol. The highest BCUT2D eigenvalue weighted by Crippen LogP contribution is 2.35. The molecule has 1 N–H and O–H groups in total. The number of hydrogen-bond donors (Lipinski definition) is 1. The number of nitrogens with one attached hydrogen (secondary N) is 1. The van der Waals surface area contributed by atoms with Crippen LogP contribution in [0.25, 0.3) is 0 Å². The lowest BCUT2D eigenvalue weighted by molar-refractivity contribution is -0.125. The molecular weight excluding hydrogens is 415 g/mol. The molecule has 2 unspecified atom stereocenters. The number of amides is 1. The van der Waals surface area contributed by atoms with Crippen molar-refractivity contribution in [3.8, 4) is 0 Å². The van der Waals surface area contributed by atoms with E-state index in [1.54, 1.807) is 7.11 Å². The maximum Gasteiger partial charge on any atom is 0.244 e. The monoisotopic (exact) mass is 436 g/mol. The van der Waals surface area contributed by atoms with E-state index in [4.69, 9.17) is 32.7 Å². The number of carbonyl (C=O) groups is 1. The first-order chi connectivity index (χ1) is 12.8. The van der Waals surface area contributed by atoms with Crippen LogP contribution in [0.1, 0.15) is 19.3 Å². The summed E-state index contributed by atoms with van der Waals surface area (Å²) in [4.78, 5) is 12.5. The quantitative estimate of drug-likeness (QED) is 0.689. The van der Waals surface area contributed by atoms with Gasteiger partial charge in [0.2, 0.25) is 15.9 Å². The maximum absolute atomic E-state index is 13.4. The van der Waals surface area contributed by atoms with Gasteiger partial charge in [-0.15, -0.1) is 0 Å². The Hall–Kier alpha value is -0.900. The van der Waals surface area contributed by atoms with Gasteiger partial charge in [0, 0.05) is 23.7 Å². The molecule has 0 aliphatic carbocycles. The van der Waals surface area contributed by atoms with Gasteiger partial charge in [0.25, 0.3) is 0 Å². The summed E-state index contributed by atoms with van der Waals surface area (Å²) in [6.45, 7) is 0.957. The Bertz CT molecular complexity index is 784. The van der Waals surface area contributed by atoms with Crippen molar-refractivity contribution in [3.63, 3.8) is 0 Å². The molecule has 3 rings (SSSR count). The average Bonchev–Trinajstić information content (AvgIpc) is 2.70. The number of hydrogen-bond acceptors (Lipinski definition) is 5. The standard InChI is InChI=1S/C17H22Cl2N2O5S/c1-25-5-6-26-16-10-20-17(22)15-4-2-3-14(16)21(15)27(23,24)13-8-11(18)7-12(19)9-13/h7-9,14-16H,2-6,10H2,1H3,(H,20,22)/t14?,15?,16-/m0/s1. The van der Waals surface area contributed by atoms with E-state index in [0.29, 0.717) is 26.1 Å². The van der Waals surface area contributed by atoms with Gasteiger partial charge in [-0.05, 0) is 37.5 Å². The van der Waals surface area contributed by atoms with Crippen molar-refractivity contribution < 1.29 is 22.7 Å². The van der Waals surface area contributed by atoms with E-state index in [-0.39, 0.29) is 27.4 Å². The van der Waals surface area contributed by atoms with Crippen LogP contribution in [0.5, 0.6) is 0 Å². The number of sulfonamides is 1. The van der Waals surface area contributed by atoms with Gasteiger partial charge in [0.1, 0.15) is 6.04 Å². The fourth-order valence-corrected chi connectivity index (χ4v) is 6.24. The van der Waals surface area contributed by atoms with Crippen molar-refractivity contribution in [3.05, 3.63) is 28.2 Å². The van der Waals surface area contributed by atoms with E-state index in [2.05, 4.69) is 5.32 Å². The summed E-state index contributed by atoms with van der Waals surface area (Å²) in [5.74, 6) is -0.311. The summed E-state index contributed by atoms with van der Waals surface area (Å²) in [6.07, 6.45) is 1.35. The van der Waals surface area contributed by atoms with Crippen LogP contribution in [-0.4, -0.2) is 63.7 Å². The van der Waals surface area contributed by atoms with Gasteiger partial charge in [0.05, 0.1) is 30.3 Å². The van der Waals surface area contributed by atoms with Crippen LogP contribution >= 0.6 is 23.2 Å². The maximum atomic E-state index is 13.4. The molecule has 2 aliphatic heterocycles. The first-order valence-corrected chi connectivity index (χ1v) is 10.9. The summed E-state index contributed by atoms with van der Waals surface area (Å²) in [6, 6.07) is 2.93. The van der Waals surface area contributed by atoms with Gasteiger partial charge in [-0.2, -0.15) is 4.31 Å². The fourth-order valence-electron chi connectivity index (χ4n) is 3.66. The van der Waals surface area contributed by atoms with Crippen LogP contribution in [-0.2, 0) is 24.3 Å². The molecule has 1 aromatic carbocycles. The Kier molecular flexibility index (Phi) is 6.66. The molecule has 10 heteroatoms. The molecule has 150 valence electrons. The second-order valence-electron chi connectivity index (χ2n) is 6.60. The molecular formula is C17H22Cl2N2O5S. The molecule has 0 saturated carbocycles. The number of benzene rings is 1. The molecule has 1 aromatic rings. The Morgan fingerprint density at radius 1 is 1.19 bits per heavy atom. The summed E-state index contributed by atoms with van der Waals surface area (Å²) in [5, 5.41) is 3.25. The number of rotatable bonds is 6. The average molecular weight is 437 g/mol. The van der Waals surface area contributed by atoms with Gasteiger partial charge in [0.15, 0.2) is 0 Å². The number of halogens is 2. The lowest BCUT2D eigenvalue weighted by Crippen LogP contribution is -2.56. The van der Waals surface area contributed by atoms with E-state index in [0.717, 1.165) is 6.42 Å². The first-order valence-electron chi connectivity index (χ1n) is 8.72. The van der Waals surface area contributed by atoms with Gasteiger partial charge in [-0.1, -0.05) is 23.2 Å². The van der Waals surface area contributed by atoms with Crippen LogP contribution in [0.15, 0.2) is 23.1 Å². The van der Waals surface area contributed by atoms with Crippen LogP contribution < -0.4 is 5.32 Å². The summed E-state index contributed by atoms with van der Waals surface area (Å²) >= 11 is 12.0. The van der Waals surface area contributed by atoms with Crippen LogP contribution in [0, 0.1) is 0 Å². The van der Waals surface area contributed by atoms with Gasteiger partial charge in [-0.25, -0.2) is 8.42 Å². The lowest BCUT2D eigenvalue weighted by Gasteiger charge is -2.40. The molecule has 2 heterocycles. The zero-order chi connectivity index (χ0) is 19.6. The van der Waals surface area contributed by atoms with Crippen LogP contribution in [0.3, 0.4) is 0 Å². The van der Waals surface area contributed by atoms with E-state index in [9.17, 15) is 13.2 Å². The van der Waals surface area contributed by atoms with Crippen molar-refractivity contribution in [1.82, 2.24) is 9.62 Å². The molecule has 2 bridgehead atoms. The van der Waals surface area contributed by atoms with Crippen molar-refractivity contribution >= 4 is 39.1 Å². The summed E-state index contributed by atoms with van der Waals surface area (Å²) < 4.78 is 39.0. The van der Waals surface area contributed by atoms with E-state index < -0.39 is 28.2 Å². The second-order valence-corrected chi connectivity index (χ2v) is 9.32. The SMILES string of the molecule is COCCO[C@H]1CNC(=O)C2CCCC1N2S(=O)(=O)c1cc(Cl)cc(Cl)c1. The van der Waals surface area contributed by atoms with Gasteiger partial charge in [-0.3, -0.25) is 4.79 Å². The number of methoxy groups -OCH3 is 1. The Balaban J connectivity index is 2.00. The normalized spacial score (nSPS) is 26.5. The van der Waals surface area contributed by atoms with Gasteiger partial charge >= 0.3 is 0 Å². The molecule has 2 aliphatic rings. The second kappa shape index (κ2) is 8.63. The molecule has 2 fully saturated rings. The molecule has 27 heavy (non-hydrogen) atoms. The Morgan fingerprint density at radius 2 is 1.89 bits per heavy atom. The van der Waals surface area contributed by atoms with E-state index >= 15 is 0 Å². The molecule has 3 atom stereocenters. The Labute approximate surface area is 168 Å². The van der Waals surface area contributed by atoms with E-state index in [1.165, 1.54) is 22.5 Å². The molecule has 0 aromatic heterocycles. The molecule has 0 radical (unpaired) electrons. The third kappa shape index (κ3) is 4.41. The zero-order valence-corrected chi connectivity index (χ0v) is 17.2. The minimum Gasteiger partial charge on any atom is -0.382 e. The van der Waals surface area contributed by atoms with Crippen molar-refractivity contribution in [2.75, 3.05) is 26.9 Å². The van der Waals surface area contributed by atoms with E-state index in [1.807, 2.05) is 0 Å². The number of piperidine rings is 1. The third-order valence-corrected chi connectivity index (χ3v) is 7.20. The number of nitrogens with zero attached hydrogens (tertiary/aromatic N) is 1. The Morgan fingerprint density at radius 3 is 2.56 bits per heavy atom. The van der Waals surface area contributed by atoms with Crippen molar-refractivity contribution in [2.45, 2.75) is 42.3 Å². The highest BCUT2D eigenvalue weighted by atomic mass is 35.5. The minimum atomic E-state index is -3.99. The number of carbonyl (C=O) groups excluding carboxylic acids is 1. The third-order valence-electron chi connectivity index (χ3n) is 4.85. The largest absolute Gasteiger partial charge is 0.382 e. The highest BCUT2D eigenvalue weighted by Gasteiger charge is 2.48. The van der Waals surface area contributed by atoms with Crippen molar-refractivity contribution in [2.24, 2.45) is 0 Å². The topological polar surface area (TPSA) is 84.9 Å². The molecule has 2 saturated heterocycles. The number of fused-ring (bicyclic) bond motifs is 2.